The van der Waals surface area contributed by atoms with Crippen LogP contribution in [0, 0.1) is 0 Å². The summed E-state index contributed by atoms with van der Waals surface area (Å²) in [6.45, 7) is 0. The van der Waals surface area contributed by atoms with Crippen molar-refractivity contribution in [3.8, 4) is 101 Å². The molecule has 0 N–H and O–H groups in total. The second-order valence-corrected chi connectivity index (χ2v) is 17.6. The van der Waals surface area contributed by atoms with Gasteiger partial charge in [0.05, 0.1) is 16.8 Å². The molecule has 0 amide bonds. The zero-order valence-electron chi connectivity index (χ0n) is 37.5. The number of aromatic nitrogens is 2. The zero-order chi connectivity index (χ0) is 45.7. The van der Waals surface area contributed by atoms with Crippen LogP contribution in [0.2, 0.25) is 0 Å². The lowest BCUT2D eigenvalue weighted by atomic mass is 9.68. The highest BCUT2D eigenvalue weighted by atomic mass is 16.6. The summed E-state index contributed by atoms with van der Waals surface area (Å²) >= 11 is 0. The average molecular weight is 883 g/mol. The number of fused-ring (bicyclic) bond motifs is 6. The Morgan fingerprint density at radius 1 is 0.290 bits per heavy atom. The minimum Gasteiger partial charge on any atom is -0.449 e. The molecule has 0 saturated carbocycles. The highest BCUT2D eigenvalue weighted by molar-refractivity contribution is 5.92. The molecule has 0 unspecified atom stereocenters. The van der Waals surface area contributed by atoms with Gasteiger partial charge >= 0.3 is 0 Å². The Bertz CT molecular complexity index is 3550. The fourth-order valence-electron chi connectivity index (χ4n) is 10.4. The Labute approximate surface area is 401 Å². The topological polar surface area (TPSA) is 44.2 Å². The number of nitrogens with zero attached hydrogens (tertiary/aromatic N) is 2. The predicted molar refractivity (Wildman–Crippen MR) is 279 cm³/mol. The van der Waals surface area contributed by atoms with Crippen molar-refractivity contribution in [1.82, 2.24) is 9.97 Å². The first-order chi connectivity index (χ1) is 34.2. The molecule has 10 aromatic carbocycles. The molecule has 0 saturated heterocycles. The second-order valence-electron chi connectivity index (χ2n) is 17.6. The van der Waals surface area contributed by atoms with E-state index in [9.17, 15) is 0 Å². The predicted octanol–water partition coefficient (Wildman–Crippen LogP) is 16.7. The van der Waals surface area contributed by atoms with Crippen molar-refractivity contribution in [1.29, 1.82) is 0 Å². The molecule has 0 atom stereocenters. The van der Waals surface area contributed by atoms with E-state index in [1.165, 1.54) is 33.4 Å². The van der Waals surface area contributed by atoms with E-state index in [-0.39, 0.29) is 0 Å². The van der Waals surface area contributed by atoms with Crippen molar-refractivity contribution >= 4 is 0 Å². The van der Waals surface area contributed by atoms with Crippen molar-refractivity contribution in [2.45, 2.75) is 5.41 Å². The first kappa shape index (κ1) is 40.2. The van der Waals surface area contributed by atoms with Crippen molar-refractivity contribution in [3.05, 3.63) is 277 Å². The van der Waals surface area contributed by atoms with Crippen LogP contribution in [0.15, 0.2) is 255 Å². The van der Waals surface area contributed by atoms with Crippen LogP contribution in [0.3, 0.4) is 0 Å². The second kappa shape index (κ2) is 16.6. The number of ether oxygens (including phenoxy) is 2. The fraction of sp³-hybridized carbons (Fsp3) is 0.0154. The quantitative estimate of drug-likeness (QED) is 0.152. The van der Waals surface area contributed by atoms with Crippen LogP contribution in [0.1, 0.15) is 22.3 Å². The highest BCUT2D eigenvalue weighted by Gasteiger charge is 2.48. The van der Waals surface area contributed by atoms with Crippen LogP contribution in [-0.4, -0.2) is 9.97 Å². The lowest BCUT2D eigenvalue weighted by Gasteiger charge is -2.34. The Kier molecular flexibility index (Phi) is 9.69. The molecule has 4 heteroatoms. The van der Waals surface area contributed by atoms with Gasteiger partial charge in [-0.05, 0) is 91.5 Å². The van der Waals surface area contributed by atoms with E-state index < -0.39 is 5.41 Å². The number of rotatable bonds is 8. The molecule has 1 aliphatic carbocycles. The molecular formula is C65H42N2O2. The van der Waals surface area contributed by atoms with Gasteiger partial charge in [0.15, 0.2) is 28.8 Å². The fourth-order valence-corrected chi connectivity index (χ4v) is 10.4. The van der Waals surface area contributed by atoms with Gasteiger partial charge in [0, 0.05) is 22.3 Å². The SMILES string of the molecule is c1ccc(-c2ccc(-c3cc(-c4cccc(-c5ccc6c(c5)Oc5ccc7c(c5O6)-c5ccccc5C7(c5ccccc5)c5ccccc5)c4)nc(-c4ccc(-c5ccccc5)cc4)n3)cc2)cc1. The minimum absolute atomic E-state index is 0.535. The summed E-state index contributed by atoms with van der Waals surface area (Å²) in [5, 5.41) is 0. The Morgan fingerprint density at radius 3 is 1.42 bits per heavy atom. The van der Waals surface area contributed by atoms with Crippen molar-refractivity contribution in [3.63, 3.8) is 0 Å². The molecule has 1 aromatic heterocycles. The third kappa shape index (κ3) is 6.92. The van der Waals surface area contributed by atoms with E-state index in [0.29, 0.717) is 23.1 Å². The van der Waals surface area contributed by atoms with Gasteiger partial charge in [-0.1, -0.05) is 224 Å². The summed E-state index contributed by atoms with van der Waals surface area (Å²) in [4.78, 5) is 10.4. The van der Waals surface area contributed by atoms with Crippen molar-refractivity contribution in [2.75, 3.05) is 0 Å². The van der Waals surface area contributed by atoms with Crippen molar-refractivity contribution in [2.24, 2.45) is 0 Å². The van der Waals surface area contributed by atoms with Gasteiger partial charge < -0.3 is 9.47 Å². The molecule has 69 heavy (non-hydrogen) atoms. The van der Waals surface area contributed by atoms with Gasteiger partial charge in [-0.15, -0.1) is 0 Å². The maximum atomic E-state index is 6.96. The molecular weight excluding hydrogens is 841 g/mol. The Balaban J connectivity index is 0.863. The van der Waals surface area contributed by atoms with E-state index in [4.69, 9.17) is 19.4 Å². The molecule has 1 aliphatic heterocycles. The number of hydrogen-bond donors (Lipinski definition) is 0. The molecule has 0 spiro atoms. The molecule has 0 bridgehead atoms. The lowest BCUT2D eigenvalue weighted by molar-refractivity contribution is 0.360. The van der Waals surface area contributed by atoms with Gasteiger partial charge in [0.1, 0.15) is 0 Å². The largest absolute Gasteiger partial charge is 0.449 e. The first-order valence-electron chi connectivity index (χ1n) is 23.4. The highest BCUT2D eigenvalue weighted by Crippen LogP contribution is 2.62. The zero-order valence-corrected chi connectivity index (χ0v) is 37.5. The first-order valence-corrected chi connectivity index (χ1v) is 23.4. The lowest BCUT2D eigenvalue weighted by Crippen LogP contribution is -2.28. The summed E-state index contributed by atoms with van der Waals surface area (Å²) < 4.78 is 13.8. The van der Waals surface area contributed by atoms with Crippen LogP contribution in [0.25, 0.3) is 78.4 Å². The van der Waals surface area contributed by atoms with E-state index in [2.05, 4.69) is 237 Å². The van der Waals surface area contributed by atoms with E-state index in [0.717, 1.165) is 67.2 Å². The third-order valence-electron chi connectivity index (χ3n) is 13.7. The van der Waals surface area contributed by atoms with Gasteiger partial charge in [-0.3, -0.25) is 0 Å². The maximum absolute atomic E-state index is 6.96. The van der Waals surface area contributed by atoms with Crippen LogP contribution < -0.4 is 9.47 Å². The maximum Gasteiger partial charge on any atom is 0.178 e. The third-order valence-corrected chi connectivity index (χ3v) is 13.7. The van der Waals surface area contributed by atoms with E-state index in [1.54, 1.807) is 0 Å². The van der Waals surface area contributed by atoms with Gasteiger partial charge in [0.25, 0.3) is 0 Å². The minimum atomic E-state index is -0.535. The van der Waals surface area contributed by atoms with Crippen molar-refractivity contribution < 1.29 is 9.47 Å². The molecule has 2 aliphatic rings. The number of benzene rings is 10. The molecule has 0 fully saturated rings. The van der Waals surface area contributed by atoms with Crippen LogP contribution >= 0.6 is 0 Å². The van der Waals surface area contributed by atoms with E-state index in [1.807, 2.05) is 18.2 Å². The smallest absolute Gasteiger partial charge is 0.178 e. The van der Waals surface area contributed by atoms with E-state index >= 15 is 0 Å². The summed E-state index contributed by atoms with van der Waals surface area (Å²) in [6.07, 6.45) is 0. The molecule has 4 nitrogen and oxygen atoms in total. The van der Waals surface area contributed by atoms with Crippen LogP contribution in [0.4, 0.5) is 0 Å². The van der Waals surface area contributed by atoms with Crippen LogP contribution in [0.5, 0.6) is 23.0 Å². The Hall–Kier alpha value is -9.12. The summed E-state index contributed by atoms with van der Waals surface area (Å²) in [6, 6.07) is 89.5. The van der Waals surface area contributed by atoms with Gasteiger partial charge in [-0.2, -0.15) is 0 Å². The normalized spacial score (nSPS) is 12.7. The molecule has 11 aromatic rings. The summed E-state index contributed by atoms with van der Waals surface area (Å²) in [5.41, 5.74) is 17.8. The molecule has 324 valence electrons. The molecule has 0 radical (unpaired) electrons. The summed E-state index contributed by atoms with van der Waals surface area (Å²) in [5.74, 6) is 3.42. The standard InChI is InChI=1S/C65H42N2O2/c1-5-16-43(17-6-1)45-28-32-47(33-29-45)57-42-58(67-64(66-57)48-34-30-46(31-35-48)44-18-7-2-8-19-44)51-21-15-20-49(40-51)50-36-38-59-61(41-50)68-60-39-37-56-62(63(60)69-59)54-26-13-14-27-55(54)65(56,52-22-9-3-10-23-52)53-24-11-4-12-25-53/h1-42H. The molecule has 2 heterocycles. The summed E-state index contributed by atoms with van der Waals surface area (Å²) in [7, 11) is 0. The van der Waals surface area contributed by atoms with Gasteiger partial charge in [-0.25, -0.2) is 9.97 Å². The van der Waals surface area contributed by atoms with Gasteiger partial charge in [0.2, 0.25) is 0 Å². The Morgan fingerprint density at radius 2 is 0.768 bits per heavy atom. The monoisotopic (exact) mass is 882 g/mol. The average Bonchev–Trinajstić information content (AvgIpc) is 3.75. The molecule has 13 rings (SSSR count). The number of hydrogen-bond acceptors (Lipinski definition) is 4. The van der Waals surface area contributed by atoms with Crippen LogP contribution in [-0.2, 0) is 5.41 Å².